The van der Waals surface area contributed by atoms with Crippen LogP contribution in [-0.2, 0) is 16.1 Å². The topological polar surface area (TPSA) is 62.6 Å². The molecule has 0 saturated heterocycles. The molecule has 1 aromatic rings. The molecule has 2 amide bonds. The van der Waals surface area contributed by atoms with Crippen molar-refractivity contribution in [3.05, 3.63) is 36.8 Å². The van der Waals surface area contributed by atoms with E-state index in [4.69, 9.17) is 4.42 Å². The van der Waals surface area contributed by atoms with E-state index in [0.717, 1.165) is 0 Å². The van der Waals surface area contributed by atoms with Gasteiger partial charge in [0.2, 0.25) is 11.8 Å². The highest BCUT2D eigenvalue weighted by molar-refractivity contribution is 5.78. The molecule has 0 saturated carbocycles. The summed E-state index contributed by atoms with van der Waals surface area (Å²) in [5.74, 6) is 0.528. The molecule has 0 aromatic carbocycles. The van der Waals surface area contributed by atoms with Gasteiger partial charge < -0.3 is 14.6 Å². The second-order valence-electron chi connectivity index (χ2n) is 3.86. The van der Waals surface area contributed by atoms with Crippen LogP contribution in [0.15, 0.2) is 35.5 Å². The van der Waals surface area contributed by atoms with Crippen molar-refractivity contribution >= 4 is 11.8 Å². The minimum atomic E-state index is -0.0967. The second-order valence-corrected chi connectivity index (χ2v) is 3.86. The van der Waals surface area contributed by atoms with Crippen LogP contribution in [0.3, 0.4) is 0 Å². The van der Waals surface area contributed by atoms with Crippen molar-refractivity contribution in [2.24, 2.45) is 0 Å². The van der Waals surface area contributed by atoms with Gasteiger partial charge in [0.15, 0.2) is 0 Å². The quantitative estimate of drug-likeness (QED) is 0.742. The second kappa shape index (κ2) is 7.32. The first kappa shape index (κ1) is 14.0. The van der Waals surface area contributed by atoms with Crippen molar-refractivity contribution in [2.75, 3.05) is 13.1 Å². The van der Waals surface area contributed by atoms with Gasteiger partial charge in [0.25, 0.3) is 0 Å². The maximum Gasteiger partial charge on any atom is 0.222 e. The lowest BCUT2D eigenvalue weighted by Crippen LogP contribution is -2.33. The van der Waals surface area contributed by atoms with E-state index >= 15 is 0 Å². The van der Waals surface area contributed by atoms with E-state index in [0.29, 0.717) is 25.4 Å². The van der Waals surface area contributed by atoms with Gasteiger partial charge in [-0.2, -0.15) is 0 Å². The van der Waals surface area contributed by atoms with Gasteiger partial charge in [0.05, 0.1) is 12.8 Å². The van der Waals surface area contributed by atoms with Crippen LogP contribution in [0.1, 0.15) is 19.1 Å². The van der Waals surface area contributed by atoms with Gasteiger partial charge in [-0.3, -0.25) is 9.59 Å². The Morgan fingerprint density at radius 1 is 1.56 bits per heavy atom. The normalized spacial score (nSPS) is 9.83. The van der Waals surface area contributed by atoms with Crippen LogP contribution in [0.25, 0.3) is 0 Å². The zero-order valence-electron chi connectivity index (χ0n) is 10.5. The van der Waals surface area contributed by atoms with Gasteiger partial charge in [-0.25, -0.2) is 0 Å². The van der Waals surface area contributed by atoms with Gasteiger partial charge in [-0.05, 0) is 12.1 Å². The first-order chi connectivity index (χ1) is 8.63. The Labute approximate surface area is 106 Å². The minimum absolute atomic E-state index is 0.0806. The van der Waals surface area contributed by atoms with Crippen LogP contribution in [-0.4, -0.2) is 29.8 Å². The van der Waals surface area contributed by atoms with E-state index < -0.39 is 0 Å². The minimum Gasteiger partial charge on any atom is -0.467 e. The van der Waals surface area contributed by atoms with Gasteiger partial charge >= 0.3 is 0 Å². The van der Waals surface area contributed by atoms with Gasteiger partial charge in [0.1, 0.15) is 5.76 Å². The van der Waals surface area contributed by atoms with Crippen molar-refractivity contribution in [3.8, 4) is 0 Å². The molecule has 5 nitrogen and oxygen atoms in total. The highest BCUT2D eigenvalue weighted by Gasteiger charge is 2.12. The Bertz CT molecular complexity index is 398. The van der Waals surface area contributed by atoms with Gasteiger partial charge in [-0.1, -0.05) is 6.08 Å². The molecule has 1 heterocycles. The van der Waals surface area contributed by atoms with Gasteiger partial charge in [0, 0.05) is 26.4 Å². The molecule has 0 bridgehead atoms. The summed E-state index contributed by atoms with van der Waals surface area (Å²) < 4.78 is 5.18. The van der Waals surface area contributed by atoms with E-state index in [1.54, 1.807) is 29.4 Å². The Hall–Kier alpha value is -2.04. The lowest BCUT2D eigenvalue weighted by molar-refractivity contribution is -0.130. The summed E-state index contributed by atoms with van der Waals surface area (Å²) in [6.07, 6.45) is 3.45. The number of amides is 2. The van der Waals surface area contributed by atoms with Gasteiger partial charge in [-0.15, -0.1) is 6.58 Å². The smallest absolute Gasteiger partial charge is 0.222 e. The van der Waals surface area contributed by atoms with Crippen LogP contribution in [0.4, 0.5) is 0 Å². The molecular formula is C13H18N2O3. The summed E-state index contributed by atoms with van der Waals surface area (Å²) in [7, 11) is 0. The highest BCUT2D eigenvalue weighted by Crippen LogP contribution is 2.06. The summed E-state index contributed by atoms with van der Waals surface area (Å²) in [6, 6.07) is 3.57. The summed E-state index contributed by atoms with van der Waals surface area (Å²) >= 11 is 0. The summed E-state index contributed by atoms with van der Waals surface area (Å²) in [5, 5.41) is 2.67. The average Bonchev–Trinajstić information content (AvgIpc) is 2.84. The van der Waals surface area contributed by atoms with E-state index in [9.17, 15) is 9.59 Å². The summed E-state index contributed by atoms with van der Waals surface area (Å²) in [6.45, 7) is 6.19. The fraction of sp³-hybridized carbons (Fsp3) is 0.385. The number of carbonyl (C=O) groups excluding carboxylic acids is 2. The van der Waals surface area contributed by atoms with Crippen LogP contribution < -0.4 is 5.32 Å². The number of hydrogen-bond acceptors (Lipinski definition) is 3. The number of furan rings is 1. The third-order valence-electron chi connectivity index (χ3n) is 2.42. The number of rotatable bonds is 7. The van der Waals surface area contributed by atoms with E-state index in [-0.39, 0.29) is 18.2 Å². The Morgan fingerprint density at radius 3 is 2.89 bits per heavy atom. The standard InChI is InChI=1S/C13H18N2O3/c1-3-7-14-13(17)6-8-15(11(2)16)10-12-5-4-9-18-12/h3-5,9H,1,6-8,10H2,2H3,(H,14,17). The molecule has 0 aliphatic heterocycles. The van der Waals surface area contributed by atoms with Crippen LogP contribution in [0.2, 0.25) is 0 Å². The molecule has 98 valence electrons. The lowest BCUT2D eigenvalue weighted by Gasteiger charge is -2.19. The number of nitrogens with zero attached hydrogens (tertiary/aromatic N) is 1. The van der Waals surface area contributed by atoms with Crippen LogP contribution in [0.5, 0.6) is 0 Å². The zero-order chi connectivity index (χ0) is 13.4. The summed E-state index contributed by atoms with van der Waals surface area (Å²) in [5.41, 5.74) is 0. The maximum absolute atomic E-state index is 11.4. The predicted molar refractivity (Wildman–Crippen MR) is 67.6 cm³/mol. The predicted octanol–water partition coefficient (Wildman–Crippen LogP) is 1.32. The monoisotopic (exact) mass is 250 g/mol. The van der Waals surface area contributed by atoms with Crippen LogP contribution in [0, 0.1) is 0 Å². The van der Waals surface area contributed by atoms with Crippen LogP contribution >= 0.6 is 0 Å². The van der Waals surface area contributed by atoms with Crippen molar-refractivity contribution in [3.63, 3.8) is 0 Å². The molecule has 0 atom stereocenters. The zero-order valence-corrected chi connectivity index (χ0v) is 10.5. The number of carbonyl (C=O) groups is 2. The van der Waals surface area contributed by atoms with Crippen molar-refractivity contribution < 1.29 is 14.0 Å². The molecule has 0 aliphatic carbocycles. The highest BCUT2D eigenvalue weighted by atomic mass is 16.3. The number of hydrogen-bond donors (Lipinski definition) is 1. The Kier molecular flexibility index (Phi) is 5.70. The van der Waals surface area contributed by atoms with Crippen molar-refractivity contribution in [2.45, 2.75) is 19.9 Å². The third kappa shape index (κ3) is 4.86. The van der Waals surface area contributed by atoms with E-state index in [1.807, 2.05) is 0 Å². The van der Waals surface area contributed by atoms with Crippen molar-refractivity contribution in [1.82, 2.24) is 10.2 Å². The molecule has 0 spiro atoms. The molecule has 0 radical (unpaired) electrons. The molecule has 0 aliphatic rings. The molecular weight excluding hydrogens is 232 g/mol. The molecule has 1 aromatic heterocycles. The molecule has 18 heavy (non-hydrogen) atoms. The fourth-order valence-electron chi connectivity index (χ4n) is 1.45. The van der Waals surface area contributed by atoms with E-state index in [1.165, 1.54) is 6.92 Å². The third-order valence-corrected chi connectivity index (χ3v) is 2.42. The van der Waals surface area contributed by atoms with E-state index in [2.05, 4.69) is 11.9 Å². The average molecular weight is 250 g/mol. The fourth-order valence-corrected chi connectivity index (χ4v) is 1.45. The number of nitrogens with one attached hydrogen (secondary N) is 1. The molecule has 1 rings (SSSR count). The SMILES string of the molecule is C=CCNC(=O)CCN(Cc1ccco1)C(C)=O. The Balaban J connectivity index is 2.41. The summed E-state index contributed by atoms with van der Waals surface area (Å²) in [4.78, 5) is 24.4. The Morgan fingerprint density at radius 2 is 2.33 bits per heavy atom. The molecule has 5 heteroatoms. The molecule has 0 fully saturated rings. The molecule has 0 unspecified atom stereocenters. The van der Waals surface area contributed by atoms with Crippen molar-refractivity contribution in [1.29, 1.82) is 0 Å². The maximum atomic E-state index is 11.4. The first-order valence-corrected chi connectivity index (χ1v) is 5.79. The lowest BCUT2D eigenvalue weighted by atomic mass is 10.3. The largest absolute Gasteiger partial charge is 0.467 e. The first-order valence-electron chi connectivity index (χ1n) is 5.79. The molecule has 1 N–H and O–H groups in total.